The van der Waals surface area contributed by atoms with Crippen LogP contribution in [0.3, 0.4) is 0 Å². The van der Waals surface area contributed by atoms with Crippen molar-refractivity contribution in [3.63, 3.8) is 0 Å². The maximum atomic E-state index is 12.9. The fourth-order valence-electron chi connectivity index (χ4n) is 5.02. The fourth-order valence-corrected chi connectivity index (χ4v) is 5.02. The Morgan fingerprint density at radius 3 is 2.12 bits per heavy atom. The third-order valence-electron chi connectivity index (χ3n) is 6.86. The molecule has 1 saturated heterocycles. The molecular weight excluding hydrogens is 322 g/mol. The molecule has 1 saturated carbocycles. The molecule has 152 valence electrons. The number of unbranched alkanes of at least 4 members (excludes halogenated alkanes) is 7. The zero-order chi connectivity index (χ0) is 18.8. The van der Waals surface area contributed by atoms with Crippen LogP contribution in [0.1, 0.15) is 111 Å². The number of epoxide rings is 1. The molecule has 0 N–H and O–H groups in total. The van der Waals surface area contributed by atoms with E-state index in [1.807, 2.05) is 6.92 Å². The number of hydrogen-bond acceptors (Lipinski definition) is 2. The van der Waals surface area contributed by atoms with Crippen molar-refractivity contribution in [3.05, 3.63) is 0 Å². The molecule has 1 aliphatic heterocycles. The molecule has 0 aromatic carbocycles. The van der Waals surface area contributed by atoms with E-state index in [0.29, 0.717) is 24.3 Å². The lowest BCUT2D eigenvalue weighted by Crippen LogP contribution is -2.58. The first-order valence-electron chi connectivity index (χ1n) is 11.6. The van der Waals surface area contributed by atoms with Crippen molar-refractivity contribution in [1.82, 2.24) is 4.90 Å². The molecular formula is C23H43NO2. The van der Waals surface area contributed by atoms with Gasteiger partial charge in [0.2, 0.25) is 5.91 Å². The zero-order valence-corrected chi connectivity index (χ0v) is 17.7. The second kappa shape index (κ2) is 11.3. The Hall–Kier alpha value is -0.570. The van der Waals surface area contributed by atoms with Crippen molar-refractivity contribution in [2.75, 3.05) is 13.2 Å². The second-order valence-corrected chi connectivity index (χ2v) is 8.70. The van der Waals surface area contributed by atoms with E-state index < -0.39 is 0 Å². The van der Waals surface area contributed by atoms with Gasteiger partial charge in [-0.2, -0.15) is 0 Å². The molecule has 0 spiro atoms. The first-order chi connectivity index (χ1) is 12.7. The van der Waals surface area contributed by atoms with Crippen LogP contribution >= 0.6 is 0 Å². The van der Waals surface area contributed by atoms with Gasteiger partial charge in [-0.25, -0.2) is 0 Å². The van der Waals surface area contributed by atoms with Gasteiger partial charge < -0.3 is 9.64 Å². The topological polar surface area (TPSA) is 32.8 Å². The van der Waals surface area contributed by atoms with E-state index in [2.05, 4.69) is 18.7 Å². The first-order valence-corrected chi connectivity index (χ1v) is 11.6. The number of carbonyl (C=O) groups is 1. The lowest BCUT2D eigenvalue weighted by atomic mass is 9.70. The van der Waals surface area contributed by atoms with Gasteiger partial charge >= 0.3 is 0 Å². The standard InChI is InChI=1S/C23H43NO2/c1-4-6-7-8-9-10-11-15-18-24(22(25)5-2)23(16-13-12-14-17-23)20(3)21-19-26-21/h20-21H,4-19H2,1-3H3. The quantitative estimate of drug-likeness (QED) is 0.292. The molecule has 1 amide bonds. The van der Waals surface area contributed by atoms with E-state index in [-0.39, 0.29) is 5.54 Å². The number of rotatable bonds is 13. The van der Waals surface area contributed by atoms with Crippen molar-refractivity contribution in [2.45, 2.75) is 122 Å². The van der Waals surface area contributed by atoms with Crippen molar-refractivity contribution in [1.29, 1.82) is 0 Å². The third kappa shape index (κ3) is 5.97. The molecule has 26 heavy (non-hydrogen) atoms. The van der Waals surface area contributed by atoms with E-state index >= 15 is 0 Å². The highest BCUT2D eigenvalue weighted by Gasteiger charge is 2.50. The maximum absolute atomic E-state index is 12.9. The van der Waals surface area contributed by atoms with Gasteiger partial charge in [0.05, 0.1) is 12.7 Å². The van der Waals surface area contributed by atoms with Gasteiger partial charge in [0.1, 0.15) is 0 Å². The van der Waals surface area contributed by atoms with Crippen LogP contribution in [0.5, 0.6) is 0 Å². The van der Waals surface area contributed by atoms with Crippen LogP contribution in [0, 0.1) is 5.92 Å². The smallest absolute Gasteiger partial charge is 0.222 e. The molecule has 0 bridgehead atoms. The number of nitrogens with zero attached hydrogens (tertiary/aromatic N) is 1. The average Bonchev–Trinajstić information content (AvgIpc) is 3.51. The summed E-state index contributed by atoms with van der Waals surface area (Å²) in [4.78, 5) is 15.2. The van der Waals surface area contributed by atoms with Gasteiger partial charge in [0.15, 0.2) is 0 Å². The molecule has 2 unspecified atom stereocenters. The largest absolute Gasteiger partial charge is 0.373 e. The summed E-state index contributed by atoms with van der Waals surface area (Å²) < 4.78 is 5.66. The third-order valence-corrected chi connectivity index (χ3v) is 6.86. The van der Waals surface area contributed by atoms with Crippen LogP contribution < -0.4 is 0 Å². The van der Waals surface area contributed by atoms with E-state index in [1.54, 1.807) is 0 Å². The Morgan fingerprint density at radius 1 is 1.00 bits per heavy atom. The molecule has 0 aromatic rings. The van der Waals surface area contributed by atoms with Crippen LogP contribution in [0.4, 0.5) is 0 Å². The molecule has 1 aliphatic carbocycles. The number of amides is 1. The Balaban J connectivity index is 1.88. The van der Waals surface area contributed by atoms with Gasteiger partial charge in [-0.15, -0.1) is 0 Å². The Bertz CT molecular complexity index is 399. The summed E-state index contributed by atoms with van der Waals surface area (Å²) in [5.41, 5.74) is 0.0631. The Kier molecular flexibility index (Phi) is 9.45. The molecule has 0 aromatic heterocycles. The molecule has 0 radical (unpaired) electrons. The predicted molar refractivity (Wildman–Crippen MR) is 109 cm³/mol. The van der Waals surface area contributed by atoms with Crippen molar-refractivity contribution >= 4 is 5.91 Å². The summed E-state index contributed by atoms with van der Waals surface area (Å²) in [6, 6.07) is 0. The molecule has 2 aliphatic rings. The van der Waals surface area contributed by atoms with E-state index in [4.69, 9.17) is 4.74 Å². The Morgan fingerprint density at radius 2 is 1.58 bits per heavy atom. The lowest BCUT2D eigenvalue weighted by molar-refractivity contribution is -0.142. The van der Waals surface area contributed by atoms with Crippen LogP contribution in [-0.2, 0) is 9.53 Å². The van der Waals surface area contributed by atoms with Crippen LogP contribution in [0.25, 0.3) is 0 Å². The highest BCUT2D eigenvalue weighted by molar-refractivity contribution is 5.76. The maximum Gasteiger partial charge on any atom is 0.222 e. The summed E-state index contributed by atoms with van der Waals surface area (Å²) in [5.74, 6) is 0.842. The number of ether oxygens (including phenoxy) is 1. The summed E-state index contributed by atoms with van der Waals surface area (Å²) in [7, 11) is 0. The van der Waals surface area contributed by atoms with Crippen molar-refractivity contribution in [2.24, 2.45) is 5.92 Å². The van der Waals surface area contributed by atoms with Gasteiger partial charge in [-0.1, -0.05) is 85.0 Å². The average molecular weight is 366 g/mol. The van der Waals surface area contributed by atoms with E-state index in [1.165, 1.54) is 83.5 Å². The van der Waals surface area contributed by atoms with Crippen molar-refractivity contribution in [3.8, 4) is 0 Å². The highest BCUT2D eigenvalue weighted by atomic mass is 16.6. The first kappa shape index (κ1) is 21.7. The molecule has 3 heteroatoms. The monoisotopic (exact) mass is 365 g/mol. The van der Waals surface area contributed by atoms with Crippen molar-refractivity contribution < 1.29 is 9.53 Å². The summed E-state index contributed by atoms with van der Waals surface area (Å²) in [6.07, 6.45) is 17.8. The minimum Gasteiger partial charge on any atom is -0.373 e. The molecule has 2 rings (SSSR count). The van der Waals surface area contributed by atoms with E-state index in [9.17, 15) is 4.79 Å². The van der Waals surface area contributed by atoms with Gasteiger partial charge in [-0.05, 0) is 19.3 Å². The van der Waals surface area contributed by atoms with Crippen LogP contribution in [0.15, 0.2) is 0 Å². The van der Waals surface area contributed by atoms with Gasteiger partial charge in [0.25, 0.3) is 0 Å². The number of carbonyl (C=O) groups excluding carboxylic acids is 1. The fraction of sp³-hybridized carbons (Fsp3) is 0.957. The highest BCUT2D eigenvalue weighted by Crippen LogP contribution is 2.44. The summed E-state index contributed by atoms with van der Waals surface area (Å²) in [5, 5.41) is 0. The van der Waals surface area contributed by atoms with Gasteiger partial charge in [-0.3, -0.25) is 4.79 Å². The molecule has 1 heterocycles. The molecule has 3 nitrogen and oxygen atoms in total. The predicted octanol–water partition coefficient (Wildman–Crippen LogP) is 6.10. The van der Waals surface area contributed by atoms with Crippen LogP contribution in [0.2, 0.25) is 0 Å². The zero-order valence-electron chi connectivity index (χ0n) is 17.7. The summed E-state index contributed by atoms with van der Waals surface area (Å²) in [6.45, 7) is 8.49. The van der Waals surface area contributed by atoms with Gasteiger partial charge in [0, 0.05) is 24.4 Å². The normalized spacial score (nSPS) is 22.8. The summed E-state index contributed by atoms with van der Waals surface area (Å²) >= 11 is 0. The SMILES string of the molecule is CCCCCCCCCCN(C(=O)CC)C1(C(C)C2CO2)CCCCC1. The second-order valence-electron chi connectivity index (χ2n) is 8.70. The number of hydrogen-bond donors (Lipinski definition) is 0. The molecule has 2 atom stereocenters. The minimum absolute atomic E-state index is 0.0631. The lowest BCUT2D eigenvalue weighted by Gasteiger charge is -2.50. The van der Waals surface area contributed by atoms with Crippen LogP contribution in [-0.4, -0.2) is 35.6 Å². The molecule has 2 fully saturated rings. The Labute approximate surface area is 162 Å². The minimum atomic E-state index is 0.0631. The van der Waals surface area contributed by atoms with E-state index in [0.717, 1.165) is 13.2 Å².